The Morgan fingerprint density at radius 1 is 0.944 bits per heavy atom. The van der Waals surface area contributed by atoms with E-state index in [1.807, 2.05) is 13.8 Å². The fourth-order valence-corrected chi connectivity index (χ4v) is 1.21. The maximum Gasteiger partial charge on any atom is 0.305 e. The van der Waals surface area contributed by atoms with Gasteiger partial charge in [-0.1, -0.05) is 13.8 Å². The molecule has 0 aromatic rings. The number of esters is 2. The first-order valence-corrected chi connectivity index (χ1v) is 6.80. The number of carbonyl (C=O) groups excluding carboxylic acids is 2. The minimum absolute atomic E-state index is 0.167. The number of rotatable bonds is 9. The molecule has 0 saturated carbocycles. The Labute approximate surface area is 114 Å². The van der Waals surface area contributed by atoms with Crippen LogP contribution in [0.3, 0.4) is 0 Å². The molecule has 0 radical (unpaired) electrons. The van der Waals surface area contributed by atoms with Gasteiger partial charge in [0.15, 0.2) is 0 Å². The summed E-state index contributed by atoms with van der Waals surface area (Å²) in [4.78, 5) is 22.5. The van der Waals surface area contributed by atoms with Crippen molar-refractivity contribution < 1.29 is 19.1 Å². The highest BCUT2D eigenvalue weighted by Crippen LogP contribution is 2.05. The van der Waals surface area contributed by atoms with Gasteiger partial charge in [0.2, 0.25) is 0 Å². The van der Waals surface area contributed by atoms with Gasteiger partial charge in [0.1, 0.15) is 6.61 Å². The zero-order chi connectivity index (χ0) is 14.0. The quantitative estimate of drug-likeness (QED) is 0.370. The minimum atomic E-state index is -0.266. The SMILES string of the molecule is CC(C)COC(=O)CCCCC(=O)OCC(C)Cl. The van der Waals surface area contributed by atoms with E-state index in [1.165, 1.54) is 0 Å². The van der Waals surface area contributed by atoms with Crippen LogP contribution in [0.25, 0.3) is 0 Å². The highest BCUT2D eigenvalue weighted by molar-refractivity contribution is 6.20. The summed E-state index contributed by atoms with van der Waals surface area (Å²) in [6.45, 7) is 6.42. The molecule has 0 N–H and O–H groups in total. The minimum Gasteiger partial charge on any atom is -0.465 e. The molecule has 0 aliphatic carbocycles. The van der Waals surface area contributed by atoms with Gasteiger partial charge in [-0.05, 0) is 25.7 Å². The highest BCUT2D eigenvalue weighted by atomic mass is 35.5. The van der Waals surface area contributed by atoms with Crippen molar-refractivity contribution in [3.8, 4) is 0 Å². The predicted octanol–water partition coefficient (Wildman–Crippen LogP) is 2.92. The van der Waals surface area contributed by atoms with Crippen LogP contribution < -0.4 is 0 Å². The molecule has 0 amide bonds. The molecule has 18 heavy (non-hydrogen) atoms. The van der Waals surface area contributed by atoms with Crippen LogP contribution >= 0.6 is 11.6 Å². The number of hydrogen-bond donors (Lipinski definition) is 0. The standard InChI is InChI=1S/C13H23ClO4/c1-10(2)8-17-12(15)6-4-5-7-13(16)18-9-11(3)14/h10-11H,4-9H2,1-3H3. The van der Waals surface area contributed by atoms with Gasteiger partial charge in [-0.3, -0.25) is 9.59 Å². The Bertz CT molecular complexity index is 225. The van der Waals surface area contributed by atoms with Gasteiger partial charge in [0, 0.05) is 12.8 Å². The summed E-state index contributed by atoms with van der Waals surface area (Å²) >= 11 is 5.65. The van der Waals surface area contributed by atoms with Crippen LogP contribution in [0.15, 0.2) is 0 Å². The van der Waals surface area contributed by atoms with E-state index in [0.29, 0.717) is 38.2 Å². The van der Waals surface area contributed by atoms with Crippen molar-refractivity contribution in [2.24, 2.45) is 5.92 Å². The van der Waals surface area contributed by atoms with Crippen molar-refractivity contribution in [2.75, 3.05) is 13.2 Å². The Balaban J connectivity index is 3.44. The molecule has 1 unspecified atom stereocenters. The molecular weight excluding hydrogens is 256 g/mol. The summed E-state index contributed by atoms with van der Waals surface area (Å²) in [5.74, 6) is -0.119. The van der Waals surface area contributed by atoms with E-state index in [-0.39, 0.29) is 23.9 Å². The molecule has 0 aromatic carbocycles. The zero-order valence-electron chi connectivity index (χ0n) is 11.4. The lowest BCUT2D eigenvalue weighted by molar-refractivity contribution is -0.146. The van der Waals surface area contributed by atoms with E-state index in [4.69, 9.17) is 21.1 Å². The molecule has 0 aliphatic heterocycles. The van der Waals surface area contributed by atoms with Crippen molar-refractivity contribution >= 4 is 23.5 Å². The van der Waals surface area contributed by atoms with Crippen LogP contribution in [0.5, 0.6) is 0 Å². The maximum atomic E-state index is 11.3. The molecule has 0 fully saturated rings. The van der Waals surface area contributed by atoms with Crippen molar-refractivity contribution in [2.45, 2.75) is 51.8 Å². The van der Waals surface area contributed by atoms with Crippen molar-refractivity contribution in [3.05, 3.63) is 0 Å². The average Bonchev–Trinajstić information content (AvgIpc) is 2.29. The van der Waals surface area contributed by atoms with E-state index >= 15 is 0 Å². The van der Waals surface area contributed by atoms with Crippen molar-refractivity contribution in [1.82, 2.24) is 0 Å². The van der Waals surface area contributed by atoms with E-state index in [2.05, 4.69) is 0 Å². The monoisotopic (exact) mass is 278 g/mol. The van der Waals surface area contributed by atoms with Gasteiger partial charge >= 0.3 is 11.9 Å². The lowest BCUT2D eigenvalue weighted by Crippen LogP contribution is -2.12. The molecule has 1 atom stereocenters. The number of ether oxygens (including phenoxy) is 2. The van der Waals surface area contributed by atoms with E-state index in [0.717, 1.165) is 0 Å². The van der Waals surface area contributed by atoms with Gasteiger partial charge in [0.05, 0.1) is 12.0 Å². The normalized spacial score (nSPS) is 12.3. The predicted molar refractivity (Wildman–Crippen MR) is 70.5 cm³/mol. The second-order valence-electron chi connectivity index (χ2n) is 4.75. The third-order valence-electron chi connectivity index (χ3n) is 2.06. The molecular formula is C13H23ClO4. The highest BCUT2D eigenvalue weighted by Gasteiger charge is 2.07. The first-order valence-electron chi connectivity index (χ1n) is 6.37. The number of unbranched alkanes of at least 4 members (excludes halogenated alkanes) is 1. The summed E-state index contributed by atoms with van der Waals surface area (Å²) in [6.07, 6.45) is 1.95. The van der Waals surface area contributed by atoms with Gasteiger partial charge in [-0.2, -0.15) is 0 Å². The fraction of sp³-hybridized carbons (Fsp3) is 0.846. The number of alkyl halides is 1. The van der Waals surface area contributed by atoms with Crippen LogP contribution in [-0.2, 0) is 19.1 Å². The van der Waals surface area contributed by atoms with E-state index < -0.39 is 0 Å². The molecule has 0 rings (SSSR count). The Kier molecular flexibility index (Phi) is 9.74. The summed E-state index contributed by atoms with van der Waals surface area (Å²) in [6, 6.07) is 0. The number of hydrogen-bond acceptors (Lipinski definition) is 4. The van der Waals surface area contributed by atoms with Crippen LogP contribution in [0.4, 0.5) is 0 Å². The first kappa shape index (κ1) is 17.2. The molecule has 5 heteroatoms. The van der Waals surface area contributed by atoms with E-state index in [1.54, 1.807) is 6.92 Å². The summed E-state index contributed by atoms with van der Waals surface area (Å²) in [5, 5.41) is -0.167. The third-order valence-corrected chi connectivity index (χ3v) is 2.19. The maximum absolute atomic E-state index is 11.3. The second-order valence-corrected chi connectivity index (χ2v) is 5.49. The lowest BCUT2D eigenvalue weighted by atomic mass is 10.2. The Morgan fingerprint density at radius 2 is 1.39 bits per heavy atom. The molecule has 0 saturated heterocycles. The summed E-state index contributed by atoms with van der Waals surface area (Å²) in [5.41, 5.74) is 0. The second kappa shape index (κ2) is 10.2. The van der Waals surface area contributed by atoms with Crippen LogP contribution in [0.1, 0.15) is 46.5 Å². The number of halogens is 1. The van der Waals surface area contributed by atoms with Gasteiger partial charge < -0.3 is 9.47 Å². The molecule has 0 spiro atoms. The summed E-state index contributed by atoms with van der Waals surface area (Å²) < 4.78 is 9.92. The summed E-state index contributed by atoms with van der Waals surface area (Å²) in [7, 11) is 0. The molecule has 4 nitrogen and oxygen atoms in total. The fourth-order valence-electron chi connectivity index (χ4n) is 1.15. The Hall–Kier alpha value is -0.770. The third kappa shape index (κ3) is 11.7. The van der Waals surface area contributed by atoms with Crippen LogP contribution in [0, 0.1) is 5.92 Å². The van der Waals surface area contributed by atoms with Gasteiger partial charge in [-0.25, -0.2) is 0 Å². The molecule has 0 aliphatic rings. The molecule has 0 bridgehead atoms. The zero-order valence-corrected chi connectivity index (χ0v) is 12.2. The van der Waals surface area contributed by atoms with Crippen molar-refractivity contribution in [1.29, 1.82) is 0 Å². The average molecular weight is 279 g/mol. The topological polar surface area (TPSA) is 52.6 Å². The van der Waals surface area contributed by atoms with Gasteiger partial charge in [0.25, 0.3) is 0 Å². The van der Waals surface area contributed by atoms with Gasteiger partial charge in [-0.15, -0.1) is 11.6 Å². The Morgan fingerprint density at radius 3 is 1.78 bits per heavy atom. The largest absolute Gasteiger partial charge is 0.465 e. The number of carbonyl (C=O) groups is 2. The van der Waals surface area contributed by atoms with Crippen LogP contribution in [0.2, 0.25) is 0 Å². The van der Waals surface area contributed by atoms with Crippen LogP contribution in [-0.4, -0.2) is 30.5 Å². The molecule has 0 aromatic heterocycles. The lowest BCUT2D eigenvalue weighted by Gasteiger charge is -2.07. The molecule has 0 heterocycles. The van der Waals surface area contributed by atoms with E-state index in [9.17, 15) is 9.59 Å². The first-order chi connectivity index (χ1) is 8.41. The van der Waals surface area contributed by atoms with Crippen molar-refractivity contribution in [3.63, 3.8) is 0 Å². The molecule has 106 valence electrons. The smallest absolute Gasteiger partial charge is 0.305 e.